The molecular formula is C18H23N3O2. The quantitative estimate of drug-likeness (QED) is 0.910. The van der Waals surface area contributed by atoms with E-state index >= 15 is 0 Å². The summed E-state index contributed by atoms with van der Waals surface area (Å²) < 4.78 is 8.16. The molecular weight excluding hydrogens is 290 g/mol. The first-order valence-electron chi connectivity index (χ1n) is 8.46. The second-order valence-corrected chi connectivity index (χ2v) is 6.65. The number of benzene rings is 1. The van der Waals surface area contributed by atoms with Gasteiger partial charge in [0.15, 0.2) is 0 Å². The van der Waals surface area contributed by atoms with E-state index in [9.17, 15) is 0 Å². The number of para-hydroxylation sites is 1. The van der Waals surface area contributed by atoms with Gasteiger partial charge in [0, 0.05) is 18.2 Å². The summed E-state index contributed by atoms with van der Waals surface area (Å²) in [6.07, 6.45) is 9.57. The molecule has 4 rings (SSSR count). The van der Waals surface area contributed by atoms with Crippen LogP contribution in [0.25, 0.3) is 0 Å². The van der Waals surface area contributed by atoms with E-state index in [4.69, 9.17) is 9.84 Å². The SMILES string of the molecule is OCCn1cc(NC2CC3(CCCC3)Oc3ccccc32)cn1. The third kappa shape index (κ3) is 2.81. The van der Waals surface area contributed by atoms with Crippen LogP contribution in [0.3, 0.4) is 0 Å². The van der Waals surface area contributed by atoms with Crippen LogP contribution in [0.4, 0.5) is 5.69 Å². The molecule has 0 radical (unpaired) electrons. The van der Waals surface area contributed by atoms with E-state index < -0.39 is 0 Å². The molecule has 0 amide bonds. The molecule has 5 heteroatoms. The van der Waals surface area contributed by atoms with Gasteiger partial charge in [0.05, 0.1) is 31.1 Å². The van der Waals surface area contributed by atoms with Crippen LogP contribution in [0.5, 0.6) is 5.75 Å². The molecule has 1 aromatic heterocycles. The number of aliphatic hydroxyl groups excluding tert-OH is 1. The van der Waals surface area contributed by atoms with Gasteiger partial charge in [-0.2, -0.15) is 5.10 Å². The summed E-state index contributed by atoms with van der Waals surface area (Å²) in [4.78, 5) is 0. The molecule has 2 aromatic rings. The van der Waals surface area contributed by atoms with Crippen LogP contribution in [0, 0.1) is 0 Å². The van der Waals surface area contributed by atoms with E-state index in [-0.39, 0.29) is 18.2 Å². The molecule has 1 aliphatic heterocycles. The summed E-state index contributed by atoms with van der Waals surface area (Å²) in [7, 11) is 0. The van der Waals surface area contributed by atoms with Gasteiger partial charge >= 0.3 is 0 Å². The van der Waals surface area contributed by atoms with Crippen molar-refractivity contribution in [3.63, 3.8) is 0 Å². The average molecular weight is 313 g/mol. The van der Waals surface area contributed by atoms with Crippen LogP contribution >= 0.6 is 0 Å². The molecule has 1 spiro atoms. The molecule has 122 valence electrons. The summed E-state index contributed by atoms with van der Waals surface area (Å²) in [6.45, 7) is 0.625. The summed E-state index contributed by atoms with van der Waals surface area (Å²) in [5.74, 6) is 1.01. The summed E-state index contributed by atoms with van der Waals surface area (Å²) in [6, 6.07) is 8.58. The van der Waals surface area contributed by atoms with Gasteiger partial charge in [0.2, 0.25) is 0 Å². The molecule has 2 heterocycles. The average Bonchev–Trinajstić information content (AvgIpc) is 3.18. The highest BCUT2D eigenvalue weighted by molar-refractivity contribution is 5.47. The van der Waals surface area contributed by atoms with Gasteiger partial charge in [0.25, 0.3) is 0 Å². The van der Waals surface area contributed by atoms with Crippen molar-refractivity contribution in [3.05, 3.63) is 42.2 Å². The number of anilines is 1. The predicted octanol–water partition coefficient (Wildman–Crippen LogP) is 3.12. The third-order valence-electron chi connectivity index (χ3n) is 5.02. The minimum atomic E-state index is -0.00683. The van der Waals surface area contributed by atoms with Crippen molar-refractivity contribution >= 4 is 5.69 Å². The lowest BCUT2D eigenvalue weighted by molar-refractivity contribution is 0.0453. The first-order valence-corrected chi connectivity index (χ1v) is 8.46. The Balaban J connectivity index is 1.60. The first-order chi connectivity index (χ1) is 11.3. The first kappa shape index (κ1) is 14.6. The highest BCUT2D eigenvalue weighted by Crippen LogP contribution is 2.47. The van der Waals surface area contributed by atoms with Gasteiger partial charge in [-0.25, -0.2) is 0 Å². The van der Waals surface area contributed by atoms with Crippen molar-refractivity contribution in [1.29, 1.82) is 0 Å². The lowest BCUT2D eigenvalue weighted by Crippen LogP contribution is -2.40. The van der Waals surface area contributed by atoms with Crippen LogP contribution in [0.1, 0.15) is 43.7 Å². The van der Waals surface area contributed by atoms with Gasteiger partial charge in [-0.05, 0) is 31.7 Å². The normalized spacial score (nSPS) is 21.9. The Hall–Kier alpha value is -2.01. The smallest absolute Gasteiger partial charge is 0.125 e. The predicted molar refractivity (Wildman–Crippen MR) is 88.6 cm³/mol. The van der Waals surface area contributed by atoms with E-state index in [2.05, 4.69) is 28.6 Å². The van der Waals surface area contributed by atoms with Crippen molar-refractivity contribution in [2.45, 2.75) is 50.3 Å². The van der Waals surface area contributed by atoms with Gasteiger partial charge in [-0.1, -0.05) is 18.2 Å². The van der Waals surface area contributed by atoms with Crippen molar-refractivity contribution < 1.29 is 9.84 Å². The number of nitrogens with one attached hydrogen (secondary N) is 1. The number of nitrogens with zero attached hydrogens (tertiary/aromatic N) is 2. The molecule has 2 N–H and O–H groups in total. The minimum Gasteiger partial charge on any atom is -0.487 e. The van der Waals surface area contributed by atoms with Crippen LogP contribution < -0.4 is 10.1 Å². The maximum atomic E-state index is 9.02. The fourth-order valence-corrected chi connectivity index (χ4v) is 3.94. The highest BCUT2D eigenvalue weighted by atomic mass is 16.5. The zero-order chi connectivity index (χ0) is 15.7. The largest absolute Gasteiger partial charge is 0.487 e. The fourth-order valence-electron chi connectivity index (χ4n) is 3.94. The number of fused-ring (bicyclic) bond motifs is 1. The van der Waals surface area contributed by atoms with Crippen LogP contribution in [-0.4, -0.2) is 27.1 Å². The lowest BCUT2D eigenvalue weighted by atomic mass is 9.86. The van der Waals surface area contributed by atoms with Crippen LogP contribution in [0.15, 0.2) is 36.7 Å². The Bertz CT molecular complexity index is 676. The highest BCUT2D eigenvalue weighted by Gasteiger charge is 2.43. The molecule has 23 heavy (non-hydrogen) atoms. The van der Waals surface area contributed by atoms with E-state index in [0.29, 0.717) is 6.54 Å². The van der Waals surface area contributed by atoms with E-state index in [1.54, 1.807) is 4.68 Å². The molecule has 2 aliphatic rings. The monoisotopic (exact) mass is 313 g/mol. The zero-order valence-electron chi connectivity index (χ0n) is 13.2. The summed E-state index contributed by atoms with van der Waals surface area (Å²) >= 11 is 0. The number of hydrogen-bond acceptors (Lipinski definition) is 4. The summed E-state index contributed by atoms with van der Waals surface area (Å²) in [5.41, 5.74) is 2.21. The maximum Gasteiger partial charge on any atom is 0.125 e. The fraction of sp³-hybridized carbons (Fsp3) is 0.500. The molecule has 1 saturated carbocycles. The third-order valence-corrected chi connectivity index (χ3v) is 5.02. The minimum absolute atomic E-state index is 0.00683. The number of aromatic nitrogens is 2. The van der Waals surface area contributed by atoms with Gasteiger partial charge in [-0.3, -0.25) is 4.68 Å². The van der Waals surface area contributed by atoms with Crippen LogP contribution in [0.2, 0.25) is 0 Å². The van der Waals surface area contributed by atoms with E-state index in [0.717, 1.165) is 30.7 Å². The van der Waals surface area contributed by atoms with Gasteiger partial charge in [-0.15, -0.1) is 0 Å². The van der Waals surface area contributed by atoms with Gasteiger partial charge < -0.3 is 15.2 Å². The lowest BCUT2D eigenvalue weighted by Gasteiger charge is -2.40. The Kier molecular flexibility index (Phi) is 3.73. The van der Waals surface area contributed by atoms with E-state index in [1.165, 1.54) is 18.4 Å². The van der Waals surface area contributed by atoms with Crippen LogP contribution in [-0.2, 0) is 6.54 Å². The molecule has 5 nitrogen and oxygen atoms in total. The maximum absolute atomic E-state index is 9.02. The Morgan fingerprint density at radius 1 is 1.30 bits per heavy atom. The number of aliphatic hydroxyl groups is 1. The standard InChI is InChI=1S/C18H23N3O2/c22-10-9-21-13-14(12-19-21)20-16-11-18(7-3-4-8-18)23-17-6-2-1-5-15(16)17/h1-2,5-6,12-13,16,20,22H,3-4,7-11H2. The molecule has 0 saturated heterocycles. The van der Waals surface area contributed by atoms with Crippen molar-refractivity contribution in [2.24, 2.45) is 0 Å². The molecule has 1 unspecified atom stereocenters. The molecule has 1 atom stereocenters. The number of hydrogen-bond donors (Lipinski definition) is 2. The Morgan fingerprint density at radius 3 is 2.96 bits per heavy atom. The summed E-state index contributed by atoms with van der Waals surface area (Å²) in [5, 5.41) is 16.9. The molecule has 1 aliphatic carbocycles. The zero-order valence-corrected chi connectivity index (χ0v) is 13.2. The second-order valence-electron chi connectivity index (χ2n) is 6.65. The van der Waals surface area contributed by atoms with Gasteiger partial charge in [0.1, 0.15) is 11.4 Å². The second kappa shape index (κ2) is 5.89. The van der Waals surface area contributed by atoms with Crippen molar-refractivity contribution in [2.75, 3.05) is 11.9 Å². The van der Waals surface area contributed by atoms with Crippen molar-refractivity contribution in [1.82, 2.24) is 9.78 Å². The molecule has 1 fully saturated rings. The van der Waals surface area contributed by atoms with E-state index in [1.807, 2.05) is 18.5 Å². The molecule has 1 aromatic carbocycles. The van der Waals surface area contributed by atoms with Crippen molar-refractivity contribution in [3.8, 4) is 5.75 Å². The number of ether oxygens (including phenoxy) is 1. The topological polar surface area (TPSA) is 59.3 Å². The number of rotatable bonds is 4. The molecule has 0 bridgehead atoms. The Labute approximate surface area is 136 Å². The Morgan fingerprint density at radius 2 is 2.13 bits per heavy atom.